The number of pyridine rings is 1. The standard InChI is InChI=1S/C35H39N5O4S/c1-38(2)22-23-44-35(43)34(42)40(27-10-4-3-5-11-27)31-14-7-6-12-29(31)32(41)16-15-26-17-20-39(21-18-26)25-28-24-37-33(45-28)30-13-8-9-19-36-30/h3-14,19,24,26H,15-18,20-23,25H2,1-2H3. The molecular weight excluding hydrogens is 586 g/mol. The van der Waals surface area contributed by atoms with Gasteiger partial charge < -0.3 is 9.64 Å². The molecular formula is C35H39N5O4S. The zero-order valence-corrected chi connectivity index (χ0v) is 26.6. The van der Waals surface area contributed by atoms with E-state index in [1.165, 1.54) is 9.78 Å². The van der Waals surface area contributed by atoms with Crippen LogP contribution in [-0.2, 0) is 20.9 Å². The summed E-state index contributed by atoms with van der Waals surface area (Å²) in [6, 6.07) is 21.8. The number of aromatic nitrogens is 2. The summed E-state index contributed by atoms with van der Waals surface area (Å²) >= 11 is 1.68. The lowest BCUT2D eigenvalue weighted by Crippen LogP contribution is -2.36. The number of carbonyl (C=O) groups excluding carboxylic acids is 3. The average molecular weight is 626 g/mol. The summed E-state index contributed by atoms with van der Waals surface area (Å²) in [5.41, 5.74) is 2.19. The highest BCUT2D eigenvalue weighted by molar-refractivity contribution is 7.15. The lowest BCUT2D eigenvalue weighted by molar-refractivity contribution is -0.153. The van der Waals surface area contributed by atoms with E-state index < -0.39 is 11.9 Å². The van der Waals surface area contributed by atoms with Gasteiger partial charge in [0.1, 0.15) is 11.6 Å². The van der Waals surface area contributed by atoms with Gasteiger partial charge in [0.2, 0.25) is 0 Å². The number of carbonyl (C=O) groups is 3. The molecule has 1 fully saturated rings. The van der Waals surface area contributed by atoms with Gasteiger partial charge in [-0.2, -0.15) is 0 Å². The molecule has 0 radical (unpaired) electrons. The summed E-state index contributed by atoms with van der Waals surface area (Å²) in [5.74, 6) is -1.39. The maximum absolute atomic E-state index is 13.6. The fourth-order valence-corrected chi connectivity index (χ4v) is 6.36. The van der Waals surface area contributed by atoms with Crippen LogP contribution < -0.4 is 4.90 Å². The molecule has 5 rings (SSSR count). The van der Waals surface area contributed by atoms with E-state index in [2.05, 4.69) is 14.9 Å². The number of anilines is 2. The molecule has 0 saturated carbocycles. The number of piperidine rings is 1. The van der Waals surface area contributed by atoms with E-state index in [-0.39, 0.29) is 12.4 Å². The summed E-state index contributed by atoms with van der Waals surface area (Å²) in [7, 11) is 3.72. The van der Waals surface area contributed by atoms with Crippen LogP contribution in [0.25, 0.3) is 10.7 Å². The second-order valence-electron chi connectivity index (χ2n) is 11.5. The number of nitrogens with zero attached hydrogens (tertiary/aromatic N) is 5. The number of benzene rings is 2. The summed E-state index contributed by atoms with van der Waals surface area (Å²) < 4.78 is 5.27. The molecule has 45 heavy (non-hydrogen) atoms. The second kappa shape index (κ2) is 15.7. The fraction of sp³-hybridized carbons (Fsp3) is 0.343. The first-order valence-electron chi connectivity index (χ1n) is 15.3. The minimum absolute atomic E-state index is 0.0468. The number of likely N-dealkylation sites (tertiary alicyclic amines) is 1. The van der Waals surface area contributed by atoms with Crippen LogP contribution in [-0.4, -0.2) is 77.8 Å². The van der Waals surface area contributed by atoms with Gasteiger partial charge in [-0.15, -0.1) is 11.3 Å². The Hall–Kier alpha value is -4.25. The number of likely N-dealkylation sites (N-methyl/N-ethyl adjacent to an activating group) is 1. The van der Waals surface area contributed by atoms with Crippen LogP contribution in [0.5, 0.6) is 0 Å². The number of ether oxygens (including phenoxy) is 1. The molecule has 2 aromatic carbocycles. The number of amides is 1. The number of esters is 1. The molecule has 0 atom stereocenters. The number of rotatable bonds is 12. The molecule has 1 aliphatic rings. The van der Waals surface area contributed by atoms with Crippen molar-refractivity contribution in [3.63, 3.8) is 0 Å². The zero-order valence-electron chi connectivity index (χ0n) is 25.8. The van der Waals surface area contributed by atoms with Crippen molar-refractivity contribution in [1.82, 2.24) is 19.8 Å². The molecule has 0 N–H and O–H groups in total. The van der Waals surface area contributed by atoms with Crippen molar-refractivity contribution in [2.24, 2.45) is 5.92 Å². The predicted octanol–water partition coefficient (Wildman–Crippen LogP) is 5.85. The Morgan fingerprint density at radius 1 is 0.933 bits per heavy atom. The monoisotopic (exact) mass is 625 g/mol. The Kier molecular flexibility index (Phi) is 11.2. The highest BCUT2D eigenvalue weighted by atomic mass is 32.1. The van der Waals surface area contributed by atoms with Crippen LogP contribution in [0.4, 0.5) is 11.4 Å². The molecule has 4 aromatic rings. The van der Waals surface area contributed by atoms with Crippen molar-refractivity contribution < 1.29 is 19.1 Å². The second-order valence-corrected chi connectivity index (χ2v) is 12.6. The molecule has 1 aliphatic heterocycles. The molecule has 9 nitrogen and oxygen atoms in total. The highest BCUT2D eigenvalue weighted by Crippen LogP contribution is 2.32. The van der Waals surface area contributed by atoms with E-state index in [9.17, 15) is 14.4 Å². The van der Waals surface area contributed by atoms with E-state index in [0.29, 0.717) is 35.8 Å². The van der Waals surface area contributed by atoms with Crippen molar-refractivity contribution in [3.05, 3.63) is 95.6 Å². The highest BCUT2D eigenvalue weighted by Gasteiger charge is 2.30. The number of para-hydroxylation sites is 2. The predicted molar refractivity (Wildman–Crippen MR) is 176 cm³/mol. The lowest BCUT2D eigenvalue weighted by Gasteiger charge is -2.31. The van der Waals surface area contributed by atoms with Gasteiger partial charge in [0, 0.05) is 48.0 Å². The van der Waals surface area contributed by atoms with Crippen LogP contribution in [0.2, 0.25) is 0 Å². The third-order valence-electron chi connectivity index (χ3n) is 7.91. The maximum atomic E-state index is 13.6. The van der Waals surface area contributed by atoms with E-state index in [1.54, 1.807) is 66.1 Å². The largest absolute Gasteiger partial charge is 0.457 e. The number of thiazole rings is 1. The Labute approximate surface area is 268 Å². The molecule has 0 bridgehead atoms. The molecule has 0 unspecified atom stereocenters. The molecule has 234 valence electrons. The van der Waals surface area contributed by atoms with Crippen LogP contribution in [0.15, 0.2) is 85.2 Å². The van der Waals surface area contributed by atoms with Crippen molar-refractivity contribution in [2.75, 3.05) is 45.2 Å². The quantitative estimate of drug-likeness (QED) is 0.110. The first kappa shape index (κ1) is 32.2. The number of hydrogen-bond donors (Lipinski definition) is 0. The van der Waals surface area contributed by atoms with Gasteiger partial charge in [0.25, 0.3) is 0 Å². The Balaban J connectivity index is 1.19. The molecule has 0 aliphatic carbocycles. The van der Waals surface area contributed by atoms with Crippen molar-refractivity contribution in [3.8, 4) is 10.7 Å². The van der Waals surface area contributed by atoms with Crippen LogP contribution in [0.1, 0.15) is 40.9 Å². The van der Waals surface area contributed by atoms with Gasteiger partial charge in [-0.3, -0.25) is 24.4 Å². The zero-order chi connectivity index (χ0) is 31.6. The fourth-order valence-electron chi connectivity index (χ4n) is 5.43. The van der Waals surface area contributed by atoms with E-state index in [0.717, 1.165) is 49.6 Å². The summed E-state index contributed by atoms with van der Waals surface area (Å²) in [6.45, 7) is 3.40. The summed E-state index contributed by atoms with van der Waals surface area (Å²) in [5, 5.41) is 0.938. The maximum Gasteiger partial charge on any atom is 0.397 e. The summed E-state index contributed by atoms with van der Waals surface area (Å²) in [6.07, 6.45) is 6.92. The summed E-state index contributed by atoms with van der Waals surface area (Å²) in [4.78, 5) is 55.7. The first-order chi connectivity index (χ1) is 21.9. The SMILES string of the molecule is CN(C)CCOC(=O)C(=O)N(c1ccccc1)c1ccccc1C(=O)CCC1CCN(Cc2cnc(-c3ccccn3)s2)CC1. The molecule has 2 aromatic heterocycles. The number of hydrogen-bond acceptors (Lipinski definition) is 9. The minimum atomic E-state index is -0.957. The molecule has 1 amide bonds. The van der Waals surface area contributed by atoms with Crippen LogP contribution >= 0.6 is 11.3 Å². The smallest absolute Gasteiger partial charge is 0.397 e. The minimum Gasteiger partial charge on any atom is -0.457 e. The van der Waals surface area contributed by atoms with Gasteiger partial charge in [-0.05, 0) is 88.8 Å². The molecule has 0 spiro atoms. The number of ketones is 1. The first-order valence-corrected chi connectivity index (χ1v) is 16.1. The van der Waals surface area contributed by atoms with Gasteiger partial charge >= 0.3 is 11.9 Å². The van der Waals surface area contributed by atoms with Gasteiger partial charge in [0.15, 0.2) is 5.78 Å². The van der Waals surface area contributed by atoms with E-state index in [1.807, 2.05) is 49.5 Å². The van der Waals surface area contributed by atoms with E-state index >= 15 is 0 Å². The molecule has 3 heterocycles. The van der Waals surface area contributed by atoms with Crippen LogP contribution in [0, 0.1) is 5.92 Å². The van der Waals surface area contributed by atoms with Gasteiger partial charge in [-0.25, -0.2) is 9.78 Å². The van der Waals surface area contributed by atoms with Gasteiger partial charge in [0.05, 0.1) is 11.4 Å². The van der Waals surface area contributed by atoms with E-state index in [4.69, 9.17) is 4.74 Å². The lowest BCUT2D eigenvalue weighted by atomic mass is 9.90. The topological polar surface area (TPSA) is 95.9 Å². The normalized spacial score (nSPS) is 13.9. The Morgan fingerprint density at radius 2 is 1.67 bits per heavy atom. The van der Waals surface area contributed by atoms with Crippen molar-refractivity contribution in [1.29, 1.82) is 0 Å². The third-order valence-corrected chi connectivity index (χ3v) is 8.92. The third kappa shape index (κ3) is 8.69. The number of Topliss-reactive ketones (excluding diaryl/α,β-unsaturated/α-hetero) is 1. The Morgan fingerprint density at radius 3 is 2.40 bits per heavy atom. The molecule has 10 heteroatoms. The van der Waals surface area contributed by atoms with Crippen molar-refractivity contribution in [2.45, 2.75) is 32.2 Å². The molecule has 1 saturated heterocycles. The van der Waals surface area contributed by atoms with Crippen LogP contribution in [0.3, 0.4) is 0 Å². The van der Waals surface area contributed by atoms with Gasteiger partial charge in [-0.1, -0.05) is 36.4 Å². The average Bonchev–Trinajstić information content (AvgIpc) is 3.54. The Bertz CT molecular complexity index is 1570. The van der Waals surface area contributed by atoms with Crippen molar-refractivity contribution >= 4 is 40.4 Å².